The highest BCUT2D eigenvalue weighted by Gasteiger charge is 2.07. The molecule has 3 heteroatoms. The summed E-state index contributed by atoms with van der Waals surface area (Å²) in [4.78, 5) is 0. The summed E-state index contributed by atoms with van der Waals surface area (Å²) in [6.07, 6.45) is 2.41. The molecular formula is C18H22BrNO. The Hall–Kier alpha value is -1.32. The van der Waals surface area contributed by atoms with Crippen molar-refractivity contribution in [3.8, 4) is 5.75 Å². The van der Waals surface area contributed by atoms with Crippen molar-refractivity contribution in [2.24, 2.45) is 0 Å². The van der Waals surface area contributed by atoms with Crippen LogP contribution < -0.4 is 10.1 Å². The minimum atomic E-state index is 0.596. The van der Waals surface area contributed by atoms with E-state index in [1.807, 2.05) is 30.3 Å². The molecule has 2 rings (SSSR count). The summed E-state index contributed by atoms with van der Waals surface area (Å²) in [7, 11) is 0. The van der Waals surface area contributed by atoms with Gasteiger partial charge in [-0.15, -0.1) is 0 Å². The molecule has 0 aliphatic rings. The van der Waals surface area contributed by atoms with Crippen LogP contribution in [0.2, 0.25) is 0 Å². The molecule has 0 amide bonds. The van der Waals surface area contributed by atoms with E-state index in [1.54, 1.807) is 0 Å². The molecule has 2 aromatic rings. The van der Waals surface area contributed by atoms with Crippen molar-refractivity contribution >= 4 is 15.9 Å². The van der Waals surface area contributed by atoms with Crippen molar-refractivity contribution in [2.45, 2.75) is 32.9 Å². The minimum absolute atomic E-state index is 0.596. The molecule has 2 nitrogen and oxygen atoms in total. The number of rotatable bonds is 8. The predicted molar refractivity (Wildman–Crippen MR) is 91.5 cm³/mol. The molecular weight excluding hydrogens is 326 g/mol. The fourth-order valence-electron chi connectivity index (χ4n) is 2.10. The fourth-order valence-corrected chi connectivity index (χ4v) is 2.58. The third-order valence-corrected chi connectivity index (χ3v) is 4.06. The van der Waals surface area contributed by atoms with Gasteiger partial charge in [0, 0.05) is 16.6 Å². The van der Waals surface area contributed by atoms with Gasteiger partial charge in [-0.2, -0.15) is 0 Å². The maximum absolute atomic E-state index is 5.99. The van der Waals surface area contributed by atoms with Crippen molar-refractivity contribution in [2.75, 3.05) is 6.54 Å². The number of hydrogen-bond donors (Lipinski definition) is 1. The highest BCUT2D eigenvalue weighted by atomic mass is 79.9. The number of benzene rings is 2. The summed E-state index contributed by atoms with van der Waals surface area (Å²) >= 11 is 3.62. The largest absolute Gasteiger partial charge is 0.489 e. The highest BCUT2D eigenvalue weighted by molar-refractivity contribution is 9.10. The van der Waals surface area contributed by atoms with Gasteiger partial charge in [-0.3, -0.25) is 0 Å². The normalized spacial score (nSPS) is 10.6. The Kier molecular flexibility index (Phi) is 6.77. The molecule has 0 aliphatic carbocycles. The Balaban J connectivity index is 1.99. The van der Waals surface area contributed by atoms with Crippen LogP contribution in [0.25, 0.3) is 0 Å². The van der Waals surface area contributed by atoms with Crippen LogP contribution >= 0.6 is 15.9 Å². The third-order valence-electron chi connectivity index (χ3n) is 3.32. The van der Waals surface area contributed by atoms with Crippen molar-refractivity contribution < 1.29 is 4.74 Å². The van der Waals surface area contributed by atoms with E-state index >= 15 is 0 Å². The molecule has 1 N–H and O–H groups in total. The molecule has 0 bridgehead atoms. The number of unbranched alkanes of at least 4 members (excludes halogenated alkanes) is 1. The van der Waals surface area contributed by atoms with Gasteiger partial charge in [-0.1, -0.05) is 65.7 Å². The van der Waals surface area contributed by atoms with E-state index in [2.05, 4.69) is 46.4 Å². The molecule has 112 valence electrons. The van der Waals surface area contributed by atoms with Gasteiger partial charge in [-0.05, 0) is 30.7 Å². The molecule has 0 saturated carbocycles. The van der Waals surface area contributed by atoms with E-state index in [4.69, 9.17) is 4.74 Å². The molecule has 0 radical (unpaired) electrons. The third kappa shape index (κ3) is 5.18. The number of hydrogen-bond acceptors (Lipinski definition) is 2. The van der Waals surface area contributed by atoms with Crippen molar-refractivity contribution in [3.63, 3.8) is 0 Å². The van der Waals surface area contributed by atoms with Crippen molar-refractivity contribution in [1.29, 1.82) is 0 Å². The molecule has 0 fully saturated rings. The SMILES string of the molecule is CCCCNCc1c(Br)cccc1OCc1ccccc1. The summed E-state index contributed by atoms with van der Waals surface area (Å²) in [5.74, 6) is 0.942. The first-order chi connectivity index (χ1) is 10.3. The second-order valence-corrected chi connectivity index (χ2v) is 5.88. The van der Waals surface area contributed by atoms with Crippen LogP contribution in [0, 0.1) is 0 Å². The van der Waals surface area contributed by atoms with Crippen LogP contribution in [0.5, 0.6) is 5.75 Å². The molecule has 0 atom stereocenters. The van der Waals surface area contributed by atoms with Gasteiger partial charge in [0.05, 0.1) is 0 Å². The first-order valence-corrected chi connectivity index (χ1v) is 8.25. The summed E-state index contributed by atoms with van der Waals surface area (Å²) in [5, 5.41) is 3.47. The summed E-state index contributed by atoms with van der Waals surface area (Å²) < 4.78 is 7.09. The topological polar surface area (TPSA) is 21.3 Å². The average molecular weight is 348 g/mol. The number of nitrogens with one attached hydrogen (secondary N) is 1. The Morgan fingerprint density at radius 2 is 1.86 bits per heavy atom. The summed E-state index contributed by atoms with van der Waals surface area (Å²) in [5.41, 5.74) is 2.37. The predicted octanol–water partition coefficient (Wildman–Crippen LogP) is 4.92. The highest BCUT2D eigenvalue weighted by Crippen LogP contribution is 2.27. The molecule has 21 heavy (non-hydrogen) atoms. The van der Waals surface area contributed by atoms with Gasteiger partial charge in [0.25, 0.3) is 0 Å². The smallest absolute Gasteiger partial charge is 0.125 e. The standard InChI is InChI=1S/C18H22BrNO/c1-2-3-12-20-13-16-17(19)10-7-11-18(16)21-14-15-8-5-4-6-9-15/h4-11,20H,2-3,12-14H2,1H3. The lowest BCUT2D eigenvalue weighted by atomic mass is 10.2. The van der Waals surface area contributed by atoms with E-state index in [9.17, 15) is 0 Å². The molecule has 0 spiro atoms. The van der Waals surface area contributed by atoms with E-state index in [-0.39, 0.29) is 0 Å². The lowest BCUT2D eigenvalue weighted by Crippen LogP contribution is -2.15. The Morgan fingerprint density at radius 3 is 2.62 bits per heavy atom. The van der Waals surface area contributed by atoms with Gasteiger partial charge in [0.1, 0.15) is 12.4 Å². The first-order valence-electron chi connectivity index (χ1n) is 7.46. The van der Waals surface area contributed by atoms with Crippen LogP contribution in [0.3, 0.4) is 0 Å². The maximum Gasteiger partial charge on any atom is 0.125 e. The Morgan fingerprint density at radius 1 is 1.05 bits per heavy atom. The molecule has 2 aromatic carbocycles. The molecule has 0 heterocycles. The lowest BCUT2D eigenvalue weighted by Gasteiger charge is -2.14. The van der Waals surface area contributed by atoms with Crippen LogP contribution in [0.1, 0.15) is 30.9 Å². The monoisotopic (exact) mass is 347 g/mol. The average Bonchev–Trinajstić information content (AvgIpc) is 2.52. The Labute approximate surface area is 135 Å². The zero-order valence-electron chi connectivity index (χ0n) is 12.4. The molecule has 0 unspecified atom stereocenters. The van der Waals surface area contributed by atoms with Gasteiger partial charge < -0.3 is 10.1 Å². The maximum atomic E-state index is 5.99. The van der Waals surface area contributed by atoms with Gasteiger partial charge in [0.15, 0.2) is 0 Å². The molecule has 0 saturated heterocycles. The summed E-state index contributed by atoms with van der Waals surface area (Å²) in [6.45, 7) is 4.66. The second kappa shape index (κ2) is 8.85. The zero-order chi connectivity index (χ0) is 14.9. The lowest BCUT2D eigenvalue weighted by molar-refractivity contribution is 0.302. The second-order valence-electron chi connectivity index (χ2n) is 5.02. The number of halogens is 1. The zero-order valence-corrected chi connectivity index (χ0v) is 14.0. The summed E-state index contributed by atoms with van der Waals surface area (Å²) in [6, 6.07) is 16.4. The quantitative estimate of drug-likeness (QED) is 0.684. The van der Waals surface area contributed by atoms with Gasteiger partial charge in [-0.25, -0.2) is 0 Å². The number of ether oxygens (including phenoxy) is 1. The van der Waals surface area contributed by atoms with Crippen LogP contribution in [0.15, 0.2) is 53.0 Å². The van der Waals surface area contributed by atoms with Crippen molar-refractivity contribution in [1.82, 2.24) is 5.32 Å². The first kappa shape index (κ1) is 16.1. The Bertz CT molecular complexity index is 542. The van der Waals surface area contributed by atoms with E-state index in [0.717, 1.165) is 23.3 Å². The van der Waals surface area contributed by atoms with Crippen LogP contribution in [-0.4, -0.2) is 6.54 Å². The molecule has 0 aromatic heterocycles. The fraction of sp³-hybridized carbons (Fsp3) is 0.333. The van der Waals surface area contributed by atoms with E-state index in [0.29, 0.717) is 6.61 Å². The van der Waals surface area contributed by atoms with Crippen LogP contribution in [-0.2, 0) is 13.2 Å². The molecule has 0 aliphatic heterocycles. The van der Waals surface area contributed by atoms with Crippen molar-refractivity contribution in [3.05, 3.63) is 64.1 Å². The van der Waals surface area contributed by atoms with E-state index in [1.165, 1.54) is 24.0 Å². The van der Waals surface area contributed by atoms with Gasteiger partial charge >= 0.3 is 0 Å². The van der Waals surface area contributed by atoms with Gasteiger partial charge in [0.2, 0.25) is 0 Å². The minimum Gasteiger partial charge on any atom is -0.489 e. The van der Waals surface area contributed by atoms with Crippen LogP contribution in [0.4, 0.5) is 0 Å². The van der Waals surface area contributed by atoms with E-state index < -0.39 is 0 Å².